The summed E-state index contributed by atoms with van der Waals surface area (Å²) in [7, 11) is 0. The van der Waals surface area contributed by atoms with Crippen LogP contribution in [0.25, 0.3) is 22.7 Å². The smallest absolute Gasteiger partial charge is 0.291 e. The third kappa shape index (κ3) is 4.03. The van der Waals surface area contributed by atoms with Crippen molar-refractivity contribution in [2.24, 2.45) is 0 Å². The van der Waals surface area contributed by atoms with Gasteiger partial charge in [-0.3, -0.25) is 9.78 Å². The van der Waals surface area contributed by atoms with E-state index in [2.05, 4.69) is 15.3 Å². The zero-order chi connectivity index (χ0) is 22.9. The van der Waals surface area contributed by atoms with Gasteiger partial charge in [0.25, 0.3) is 5.91 Å². The van der Waals surface area contributed by atoms with Crippen molar-refractivity contribution >= 4 is 11.6 Å². The number of anilines is 1. The molecule has 168 valence electrons. The molecule has 2 atom stereocenters. The highest BCUT2D eigenvalue weighted by atomic mass is 19.1. The Bertz CT molecular complexity index is 1300. The Hall–Kier alpha value is -3.85. The number of nitrogens with one attached hydrogen (secondary N) is 1. The maximum Gasteiger partial charge on any atom is 0.291 e. The lowest BCUT2D eigenvalue weighted by Gasteiger charge is -2.19. The Balaban J connectivity index is 1.53. The molecule has 33 heavy (non-hydrogen) atoms. The molecule has 5 rings (SSSR count). The summed E-state index contributed by atoms with van der Waals surface area (Å²) in [5, 5.41) is 12.9. The number of aliphatic hydroxyl groups excluding tert-OH is 1. The van der Waals surface area contributed by atoms with Gasteiger partial charge in [-0.05, 0) is 61.7 Å². The van der Waals surface area contributed by atoms with Crippen molar-refractivity contribution in [2.45, 2.75) is 31.4 Å². The van der Waals surface area contributed by atoms with Gasteiger partial charge >= 0.3 is 0 Å². The molecule has 0 aliphatic heterocycles. The molecule has 1 aliphatic carbocycles. The van der Waals surface area contributed by atoms with E-state index in [-0.39, 0.29) is 23.3 Å². The summed E-state index contributed by atoms with van der Waals surface area (Å²) < 4.78 is 35.0. The maximum absolute atomic E-state index is 13.9. The summed E-state index contributed by atoms with van der Waals surface area (Å²) in [6, 6.07) is 10.2. The van der Waals surface area contributed by atoms with Crippen LogP contribution in [0.4, 0.5) is 14.5 Å². The number of hydrogen-bond acceptors (Lipinski definition) is 5. The zero-order valence-electron chi connectivity index (χ0n) is 17.4. The standard InChI is InChI=1S/C24H20F2N4O3/c25-15-6-4-14(5-7-15)22-23(30(13-28-22)18-2-1-3-19(18)31)20-8-9-21(33-20)24(32)29-17-10-11-27-12-16(17)26/h4-13,18-19,31H,1-3H2,(H,27,29,32)/t18-,19-/m1/s1. The van der Waals surface area contributed by atoms with Gasteiger partial charge < -0.3 is 19.4 Å². The number of hydrogen-bond donors (Lipinski definition) is 2. The van der Waals surface area contributed by atoms with Crippen molar-refractivity contribution in [1.29, 1.82) is 0 Å². The fourth-order valence-electron chi connectivity index (χ4n) is 4.17. The Morgan fingerprint density at radius 2 is 1.94 bits per heavy atom. The average molecular weight is 450 g/mol. The van der Waals surface area contributed by atoms with Crippen LogP contribution in [0.1, 0.15) is 35.9 Å². The summed E-state index contributed by atoms with van der Waals surface area (Å²) in [4.78, 5) is 20.8. The lowest BCUT2D eigenvalue weighted by molar-refractivity contribution is 0.0996. The number of aliphatic hydroxyl groups is 1. The molecule has 0 saturated heterocycles. The first-order valence-electron chi connectivity index (χ1n) is 10.5. The number of furan rings is 1. The van der Waals surface area contributed by atoms with Crippen LogP contribution in [0.2, 0.25) is 0 Å². The van der Waals surface area contributed by atoms with E-state index >= 15 is 0 Å². The quantitative estimate of drug-likeness (QED) is 0.455. The molecule has 1 fully saturated rings. The summed E-state index contributed by atoms with van der Waals surface area (Å²) in [6.07, 6.45) is 5.78. The molecule has 3 aromatic heterocycles. The second-order valence-corrected chi connectivity index (χ2v) is 7.90. The van der Waals surface area contributed by atoms with E-state index in [4.69, 9.17) is 4.42 Å². The molecule has 1 aromatic carbocycles. The molecule has 9 heteroatoms. The summed E-state index contributed by atoms with van der Waals surface area (Å²) in [6.45, 7) is 0. The molecule has 0 unspecified atom stereocenters. The second-order valence-electron chi connectivity index (χ2n) is 7.90. The fourth-order valence-corrected chi connectivity index (χ4v) is 4.17. The van der Waals surface area contributed by atoms with Crippen molar-refractivity contribution in [1.82, 2.24) is 14.5 Å². The van der Waals surface area contributed by atoms with Gasteiger partial charge in [-0.2, -0.15) is 0 Å². The van der Waals surface area contributed by atoms with Gasteiger partial charge in [-0.15, -0.1) is 0 Å². The number of carbonyl (C=O) groups is 1. The monoisotopic (exact) mass is 450 g/mol. The van der Waals surface area contributed by atoms with Crippen LogP contribution in [0, 0.1) is 11.6 Å². The van der Waals surface area contributed by atoms with Gasteiger partial charge in [0.15, 0.2) is 17.3 Å². The lowest BCUT2D eigenvalue weighted by Crippen LogP contribution is -2.18. The molecule has 0 bridgehead atoms. The number of pyridine rings is 1. The van der Waals surface area contributed by atoms with Crippen LogP contribution < -0.4 is 5.32 Å². The topological polar surface area (TPSA) is 93.2 Å². The third-order valence-electron chi connectivity index (χ3n) is 5.80. The molecular weight excluding hydrogens is 430 g/mol. The number of benzene rings is 1. The van der Waals surface area contributed by atoms with Gasteiger partial charge in [0, 0.05) is 11.8 Å². The van der Waals surface area contributed by atoms with Crippen molar-refractivity contribution in [3.05, 3.63) is 78.6 Å². The number of carbonyl (C=O) groups excluding carboxylic acids is 1. The molecule has 4 aromatic rings. The molecular formula is C24H20F2N4O3. The van der Waals surface area contributed by atoms with E-state index in [0.717, 1.165) is 19.0 Å². The van der Waals surface area contributed by atoms with Crippen LogP contribution in [0.5, 0.6) is 0 Å². The minimum Gasteiger partial charge on any atom is -0.449 e. The minimum atomic E-state index is -0.662. The Morgan fingerprint density at radius 1 is 1.12 bits per heavy atom. The molecule has 1 saturated carbocycles. The minimum absolute atomic E-state index is 0.0147. The third-order valence-corrected chi connectivity index (χ3v) is 5.80. The number of halogens is 2. The molecule has 1 aliphatic rings. The normalized spacial score (nSPS) is 17.9. The van der Waals surface area contributed by atoms with Crippen LogP contribution in [-0.2, 0) is 0 Å². The van der Waals surface area contributed by atoms with Crippen molar-refractivity contribution in [3.8, 4) is 22.7 Å². The molecule has 1 amide bonds. The molecule has 3 heterocycles. The van der Waals surface area contributed by atoms with Gasteiger partial charge in [0.2, 0.25) is 0 Å². The van der Waals surface area contributed by atoms with Crippen molar-refractivity contribution in [2.75, 3.05) is 5.32 Å². The van der Waals surface area contributed by atoms with Gasteiger partial charge in [-0.1, -0.05) is 0 Å². The Morgan fingerprint density at radius 3 is 2.67 bits per heavy atom. The Labute approximate surface area is 187 Å². The van der Waals surface area contributed by atoms with Crippen LogP contribution in [-0.4, -0.2) is 31.7 Å². The number of amides is 1. The molecule has 0 radical (unpaired) electrons. The van der Waals surface area contributed by atoms with E-state index in [9.17, 15) is 18.7 Å². The highest BCUT2D eigenvalue weighted by Crippen LogP contribution is 2.39. The van der Waals surface area contributed by atoms with E-state index in [1.807, 2.05) is 4.57 Å². The number of rotatable bonds is 5. The van der Waals surface area contributed by atoms with Crippen LogP contribution >= 0.6 is 0 Å². The van der Waals surface area contributed by atoms with Gasteiger partial charge in [0.05, 0.1) is 36.1 Å². The number of imidazole rings is 1. The first-order chi connectivity index (χ1) is 16.0. The Kier molecular flexibility index (Phi) is 5.47. The molecule has 2 N–H and O–H groups in total. The predicted octanol–water partition coefficient (Wildman–Crippen LogP) is 4.82. The van der Waals surface area contributed by atoms with Gasteiger partial charge in [0.1, 0.15) is 11.5 Å². The first kappa shape index (κ1) is 21.0. The summed E-state index contributed by atoms with van der Waals surface area (Å²) >= 11 is 0. The fraction of sp³-hybridized carbons (Fsp3) is 0.208. The highest BCUT2D eigenvalue weighted by molar-refractivity contribution is 6.02. The van der Waals surface area contributed by atoms with Crippen LogP contribution in [0.3, 0.4) is 0 Å². The molecule has 7 nitrogen and oxygen atoms in total. The summed E-state index contributed by atoms with van der Waals surface area (Å²) in [5.74, 6) is -1.32. The highest BCUT2D eigenvalue weighted by Gasteiger charge is 2.31. The SMILES string of the molecule is O=C(Nc1ccncc1F)c1ccc(-c2c(-c3ccc(F)cc3)ncn2[C@@H]2CCC[C@H]2O)o1. The summed E-state index contributed by atoms with van der Waals surface area (Å²) in [5.41, 5.74) is 1.76. The maximum atomic E-state index is 13.9. The van der Waals surface area contributed by atoms with E-state index < -0.39 is 17.8 Å². The molecule has 0 spiro atoms. The average Bonchev–Trinajstić information content (AvgIpc) is 3.54. The first-order valence-corrected chi connectivity index (χ1v) is 10.5. The number of nitrogens with zero attached hydrogens (tertiary/aromatic N) is 3. The number of aromatic nitrogens is 3. The zero-order valence-corrected chi connectivity index (χ0v) is 17.4. The van der Waals surface area contributed by atoms with E-state index in [1.54, 1.807) is 24.5 Å². The van der Waals surface area contributed by atoms with E-state index in [0.29, 0.717) is 29.1 Å². The van der Waals surface area contributed by atoms with Crippen LogP contribution in [0.15, 0.2) is 65.6 Å². The van der Waals surface area contributed by atoms with Crippen molar-refractivity contribution in [3.63, 3.8) is 0 Å². The van der Waals surface area contributed by atoms with E-state index in [1.165, 1.54) is 30.5 Å². The van der Waals surface area contributed by atoms with Gasteiger partial charge in [-0.25, -0.2) is 13.8 Å². The largest absolute Gasteiger partial charge is 0.449 e. The van der Waals surface area contributed by atoms with Crippen molar-refractivity contribution < 1.29 is 23.1 Å². The lowest BCUT2D eigenvalue weighted by atomic mass is 10.1. The second kappa shape index (κ2) is 8.59. The predicted molar refractivity (Wildman–Crippen MR) is 116 cm³/mol.